The summed E-state index contributed by atoms with van der Waals surface area (Å²) < 4.78 is 41.4. The lowest BCUT2D eigenvalue weighted by atomic mass is 10.1. The van der Waals surface area contributed by atoms with Crippen molar-refractivity contribution < 1.29 is 22.7 Å². The van der Waals surface area contributed by atoms with Crippen LogP contribution in [0.3, 0.4) is 0 Å². The minimum Gasteiger partial charge on any atom is -0.496 e. The summed E-state index contributed by atoms with van der Waals surface area (Å²) in [5, 5.41) is 0. The molecule has 0 saturated heterocycles. The SMILES string of the molecule is COc1cccc(Br)c1C(=O)C(F)(F)F. The van der Waals surface area contributed by atoms with Crippen molar-refractivity contribution in [1.82, 2.24) is 0 Å². The quantitative estimate of drug-likeness (QED) is 0.779. The standard InChI is InChI=1S/C9H6BrF3O2/c1-15-6-4-2-3-5(10)7(6)8(14)9(11,12)13/h2-4H,1H3. The zero-order valence-electron chi connectivity index (χ0n) is 7.56. The highest BCUT2D eigenvalue weighted by Gasteiger charge is 2.41. The maximum atomic E-state index is 12.2. The van der Waals surface area contributed by atoms with Crippen molar-refractivity contribution in [2.75, 3.05) is 7.11 Å². The number of rotatable bonds is 2. The second-order valence-corrected chi connectivity index (χ2v) is 3.50. The van der Waals surface area contributed by atoms with Gasteiger partial charge >= 0.3 is 6.18 Å². The zero-order chi connectivity index (χ0) is 11.6. The summed E-state index contributed by atoms with van der Waals surface area (Å²) in [7, 11) is 1.20. The molecule has 0 unspecified atom stereocenters. The molecule has 15 heavy (non-hydrogen) atoms. The summed E-state index contributed by atoms with van der Waals surface area (Å²) in [5.74, 6) is -2.03. The molecule has 1 aromatic rings. The van der Waals surface area contributed by atoms with Gasteiger partial charge in [0.2, 0.25) is 0 Å². The predicted molar refractivity (Wildman–Crippen MR) is 51.1 cm³/mol. The summed E-state index contributed by atoms with van der Waals surface area (Å²) in [5.41, 5.74) is -0.507. The first-order valence-electron chi connectivity index (χ1n) is 3.82. The fourth-order valence-corrected chi connectivity index (χ4v) is 1.56. The van der Waals surface area contributed by atoms with Gasteiger partial charge in [-0.25, -0.2) is 0 Å². The Hall–Kier alpha value is -1.04. The van der Waals surface area contributed by atoms with Crippen LogP contribution >= 0.6 is 15.9 Å². The number of ketones is 1. The van der Waals surface area contributed by atoms with E-state index in [9.17, 15) is 18.0 Å². The number of methoxy groups -OCH3 is 1. The highest BCUT2D eigenvalue weighted by atomic mass is 79.9. The van der Waals surface area contributed by atoms with Gasteiger partial charge in [0.05, 0.1) is 12.7 Å². The second-order valence-electron chi connectivity index (χ2n) is 2.64. The third kappa shape index (κ3) is 2.50. The van der Waals surface area contributed by atoms with Crippen molar-refractivity contribution in [1.29, 1.82) is 0 Å². The lowest BCUT2D eigenvalue weighted by molar-refractivity contribution is -0.0887. The molecule has 0 aromatic heterocycles. The Bertz CT molecular complexity index is 387. The fraction of sp³-hybridized carbons (Fsp3) is 0.222. The van der Waals surface area contributed by atoms with Crippen molar-refractivity contribution in [3.63, 3.8) is 0 Å². The van der Waals surface area contributed by atoms with Crippen LogP contribution in [0.2, 0.25) is 0 Å². The van der Waals surface area contributed by atoms with Gasteiger partial charge in [0.1, 0.15) is 5.75 Å². The number of hydrogen-bond acceptors (Lipinski definition) is 2. The number of hydrogen-bond donors (Lipinski definition) is 0. The van der Waals surface area contributed by atoms with Crippen molar-refractivity contribution in [3.05, 3.63) is 28.2 Å². The molecule has 2 nitrogen and oxygen atoms in total. The first-order valence-corrected chi connectivity index (χ1v) is 4.61. The molecule has 6 heteroatoms. The van der Waals surface area contributed by atoms with E-state index in [0.717, 1.165) is 0 Å². The summed E-state index contributed by atoms with van der Waals surface area (Å²) in [6, 6.07) is 4.13. The van der Waals surface area contributed by atoms with Crippen LogP contribution in [-0.4, -0.2) is 19.1 Å². The van der Waals surface area contributed by atoms with Crippen molar-refractivity contribution in [3.8, 4) is 5.75 Å². The number of halogens is 4. The molecule has 0 amide bonds. The van der Waals surface area contributed by atoms with Crippen molar-refractivity contribution >= 4 is 21.7 Å². The third-order valence-corrected chi connectivity index (χ3v) is 2.34. The molecular weight excluding hydrogens is 277 g/mol. The minimum absolute atomic E-state index is 0.0594. The Morgan fingerprint density at radius 3 is 2.47 bits per heavy atom. The lowest BCUT2D eigenvalue weighted by Crippen LogP contribution is -2.23. The van der Waals surface area contributed by atoms with Gasteiger partial charge in [-0.2, -0.15) is 13.2 Å². The first kappa shape index (κ1) is 12.0. The molecule has 0 fully saturated rings. The highest BCUT2D eigenvalue weighted by Crippen LogP contribution is 2.32. The minimum atomic E-state index is -4.91. The molecule has 0 radical (unpaired) electrons. The van der Waals surface area contributed by atoms with E-state index >= 15 is 0 Å². The summed E-state index contributed by atoms with van der Waals surface area (Å²) in [4.78, 5) is 11.0. The molecule has 0 atom stereocenters. The van der Waals surface area contributed by atoms with Gasteiger partial charge in [-0.3, -0.25) is 4.79 Å². The van der Waals surface area contributed by atoms with Crippen LogP contribution in [0, 0.1) is 0 Å². The van der Waals surface area contributed by atoms with Gasteiger partial charge in [-0.1, -0.05) is 6.07 Å². The molecule has 0 heterocycles. The second kappa shape index (κ2) is 4.22. The molecule has 0 spiro atoms. The van der Waals surface area contributed by atoms with Gasteiger partial charge in [-0.15, -0.1) is 0 Å². The van der Waals surface area contributed by atoms with Crippen LogP contribution in [0.5, 0.6) is 5.75 Å². The normalized spacial score (nSPS) is 11.3. The van der Waals surface area contributed by atoms with E-state index in [1.165, 1.54) is 25.3 Å². The fourth-order valence-electron chi connectivity index (χ4n) is 1.04. The monoisotopic (exact) mass is 282 g/mol. The van der Waals surface area contributed by atoms with Crippen LogP contribution in [0.1, 0.15) is 10.4 Å². The average molecular weight is 283 g/mol. The van der Waals surface area contributed by atoms with Gasteiger partial charge < -0.3 is 4.74 Å². The molecule has 0 aliphatic heterocycles. The maximum absolute atomic E-state index is 12.2. The number of Topliss-reactive ketones (excluding diaryl/α,β-unsaturated/α-hetero) is 1. The van der Waals surface area contributed by atoms with Crippen LogP contribution in [0.15, 0.2) is 22.7 Å². The molecule has 0 bridgehead atoms. The van der Waals surface area contributed by atoms with E-state index in [1.54, 1.807) is 0 Å². The first-order chi connectivity index (χ1) is 6.88. The lowest BCUT2D eigenvalue weighted by Gasteiger charge is -2.11. The van der Waals surface area contributed by atoms with E-state index in [1.807, 2.05) is 0 Å². The van der Waals surface area contributed by atoms with E-state index in [0.29, 0.717) is 0 Å². The van der Waals surface area contributed by atoms with Gasteiger partial charge in [-0.05, 0) is 28.1 Å². The van der Waals surface area contributed by atoms with E-state index in [4.69, 9.17) is 4.74 Å². The number of carbonyl (C=O) groups excluding carboxylic acids is 1. The smallest absolute Gasteiger partial charge is 0.455 e. The average Bonchev–Trinajstić information content (AvgIpc) is 2.15. The van der Waals surface area contributed by atoms with Crippen LogP contribution < -0.4 is 4.74 Å². The summed E-state index contributed by atoms with van der Waals surface area (Å²) >= 11 is 2.88. The van der Waals surface area contributed by atoms with Crippen LogP contribution in [-0.2, 0) is 0 Å². The Morgan fingerprint density at radius 2 is 2.00 bits per heavy atom. The molecule has 0 aliphatic carbocycles. The number of ether oxygens (including phenoxy) is 1. The Morgan fingerprint density at radius 1 is 1.40 bits per heavy atom. The van der Waals surface area contributed by atoms with Crippen LogP contribution in [0.25, 0.3) is 0 Å². The third-order valence-electron chi connectivity index (χ3n) is 1.68. The number of carbonyl (C=O) groups is 1. The van der Waals surface area contributed by atoms with E-state index < -0.39 is 17.5 Å². The Labute approximate surface area is 92.2 Å². The molecule has 1 rings (SSSR count). The molecule has 0 saturated carbocycles. The topological polar surface area (TPSA) is 26.3 Å². The molecule has 1 aromatic carbocycles. The van der Waals surface area contributed by atoms with E-state index in [2.05, 4.69) is 15.9 Å². The Kier molecular flexibility index (Phi) is 3.38. The van der Waals surface area contributed by atoms with E-state index in [-0.39, 0.29) is 10.2 Å². The predicted octanol–water partition coefficient (Wildman–Crippen LogP) is 3.20. The molecular formula is C9H6BrF3O2. The number of benzene rings is 1. The molecule has 82 valence electrons. The summed E-state index contributed by atoms with van der Waals surface area (Å²) in [6.45, 7) is 0. The number of alkyl halides is 3. The van der Waals surface area contributed by atoms with Gasteiger partial charge in [0.15, 0.2) is 0 Å². The van der Waals surface area contributed by atoms with Gasteiger partial charge in [0.25, 0.3) is 5.78 Å². The maximum Gasteiger partial charge on any atom is 0.455 e. The Balaban J connectivity index is 3.30. The van der Waals surface area contributed by atoms with Crippen LogP contribution in [0.4, 0.5) is 13.2 Å². The van der Waals surface area contributed by atoms with Crippen molar-refractivity contribution in [2.45, 2.75) is 6.18 Å². The zero-order valence-corrected chi connectivity index (χ0v) is 9.15. The van der Waals surface area contributed by atoms with Crippen molar-refractivity contribution in [2.24, 2.45) is 0 Å². The van der Waals surface area contributed by atoms with Gasteiger partial charge in [0, 0.05) is 4.47 Å². The molecule has 0 aliphatic rings. The highest BCUT2D eigenvalue weighted by molar-refractivity contribution is 9.10. The summed E-state index contributed by atoms with van der Waals surface area (Å²) in [6.07, 6.45) is -4.91. The largest absolute Gasteiger partial charge is 0.496 e. The molecule has 0 N–H and O–H groups in total.